The molecule has 0 unspecified atom stereocenters. The van der Waals surface area contributed by atoms with Gasteiger partial charge >= 0.3 is 0 Å². The zero-order valence-electron chi connectivity index (χ0n) is 19.1. The number of aromatic amines is 1. The van der Waals surface area contributed by atoms with Crippen LogP contribution in [0.5, 0.6) is 0 Å². The van der Waals surface area contributed by atoms with E-state index in [0.29, 0.717) is 12.0 Å². The normalized spacial score (nSPS) is 18.3. The summed E-state index contributed by atoms with van der Waals surface area (Å²) in [6.45, 7) is 14.8. The maximum Gasteiger partial charge on any atom is 0.187 e. The highest BCUT2D eigenvalue weighted by molar-refractivity contribution is 7.21. The summed E-state index contributed by atoms with van der Waals surface area (Å²) < 4.78 is 7.25. The number of thiazole rings is 1. The van der Waals surface area contributed by atoms with Gasteiger partial charge < -0.3 is 14.6 Å². The second-order valence-corrected chi connectivity index (χ2v) is 10.3. The van der Waals surface area contributed by atoms with E-state index in [1.165, 1.54) is 16.7 Å². The van der Waals surface area contributed by atoms with Crippen molar-refractivity contribution in [1.29, 1.82) is 0 Å². The number of hydrogen-bond acceptors (Lipinski definition) is 7. The zero-order valence-corrected chi connectivity index (χ0v) is 19.9. The highest BCUT2D eigenvalue weighted by atomic mass is 32.1. The van der Waals surface area contributed by atoms with Crippen molar-refractivity contribution in [2.24, 2.45) is 0 Å². The predicted octanol–water partition coefficient (Wildman–Crippen LogP) is 3.60. The Kier molecular flexibility index (Phi) is 4.74. The van der Waals surface area contributed by atoms with Crippen molar-refractivity contribution in [3.8, 4) is 11.3 Å². The van der Waals surface area contributed by atoms with Gasteiger partial charge in [-0.05, 0) is 30.9 Å². The molecule has 2 aliphatic rings. The SMILES string of the molecule is Cc1c(-c2[nH]c3sc(N4CCN(C5COC5)CC4)nc3c2C(C)C)cn2ncnc2c1C. The van der Waals surface area contributed by atoms with Crippen molar-refractivity contribution in [1.82, 2.24) is 29.5 Å². The van der Waals surface area contributed by atoms with E-state index in [1.807, 2.05) is 4.52 Å². The van der Waals surface area contributed by atoms with Crippen molar-refractivity contribution in [3.63, 3.8) is 0 Å². The van der Waals surface area contributed by atoms with Gasteiger partial charge in [0.05, 0.1) is 24.9 Å². The molecule has 4 aromatic heterocycles. The third-order valence-electron chi connectivity index (χ3n) is 7.07. The molecule has 32 heavy (non-hydrogen) atoms. The number of pyridine rings is 1. The molecule has 0 aliphatic carbocycles. The van der Waals surface area contributed by atoms with Crippen LogP contribution in [0.4, 0.5) is 5.13 Å². The molecule has 1 N–H and O–H groups in total. The van der Waals surface area contributed by atoms with Gasteiger partial charge in [-0.1, -0.05) is 25.2 Å². The molecular weight excluding hydrogens is 422 g/mol. The van der Waals surface area contributed by atoms with E-state index >= 15 is 0 Å². The molecule has 0 amide bonds. The van der Waals surface area contributed by atoms with Crippen LogP contribution in [0.15, 0.2) is 12.5 Å². The number of rotatable bonds is 4. The minimum atomic E-state index is 0.357. The average molecular weight is 452 g/mol. The quantitative estimate of drug-likeness (QED) is 0.511. The molecule has 6 rings (SSSR count). The molecule has 0 radical (unpaired) electrons. The Morgan fingerprint density at radius 1 is 1.12 bits per heavy atom. The number of nitrogens with one attached hydrogen (secondary N) is 1. The first-order chi connectivity index (χ1) is 15.5. The van der Waals surface area contributed by atoms with Crippen LogP contribution in [-0.4, -0.2) is 74.9 Å². The smallest absolute Gasteiger partial charge is 0.187 e. The molecule has 168 valence electrons. The molecule has 0 bridgehead atoms. The third kappa shape index (κ3) is 3.06. The second-order valence-electron chi connectivity index (χ2n) is 9.28. The fourth-order valence-electron chi connectivity index (χ4n) is 4.95. The van der Waals surface area contributed by atoms with Crippen molar-refractivity contribution in [3.05, 3.63) is 29.2 Å². The third-order valence-corrected chi connectivity index (χ3v) is 8.11. The molecule has 2 aliphatic heterocycles. The Hall–Kier alpha value is -2.49. The first kappa shape index (κ1) is 20.1. The van der Waals surface area contributed by atoms with Crippen molar-refractivity contribution in [2.45, 2.75) is 39.7 Å². The van der Waals surface area contributed by atoms with E-state index in [2.05, 4.69) is 58.8 Å². The lowest BCUT2D eigenvalue weighted by Gasteiger charge is -2.42. The van der Waals surface area contributed by atoms with E-state index in [0.717, 1.165) is 71.8 Å². The first-order valence-corrected chi connectivity index (χ1v) is 12.2. The van der Waals surface area contributed by atoms with Gasteiger partial charge in [-0.2, -0.15) is 5.10 Å². The highest BCUT2D eigenvalue weighted by Gasteiger charge is 2.30. The molecular formula is C23H29N7OS. The highest BCUT2D eigenvalue weighted by Crippen LogP contribution is 2.41. The summed E-state index contributed by atoms with van der Waals surface area (Å²) in [4.78, 5) is 19.4. The second kappa shape index (κ2) is 7.54. The van der Waals surface area contributed by atoms with E-state index < -0.39 is 0 Å². The fraction of sp³-hybridized carbons (Fsp3) is 0.522. The van der Waals surface area contributed by atoms with Crippen molar-refractivity contribution < 1.29 is 4.74 Å². The van der Waals surface area contributed by atoms with Gasteiger partial charge in [-0.25, -0.2) is 14.5 Å². The molecule has 8 nitrogen and oxygen atoms in total. The van der Waals surface area contributed by atoms with Gasteiger partial charge in [0.15, 0.2) is 10.8 Å². The Balaban J connectivity index is 1.37. The molecule has 2 saturated heterocycles. The molecule has 0 spiro atoms. The molecule has 6 heterocycles. The van der Waals surface area contributed by atoms with Crippen LogP contribution in [0, 0.1) is 13.8 Å². The Labute approximate surface area is 191 Å². The number of anilines is 1. The number of aromatic nitrogens is 5. The minimum absolute atomic E-state index is 0.357. The van der Waals surface area contributed by atoms with E-state index in [9.17, 15) is 0 Å². The number of fused-ring (bicyclic) bond motifs is 2. The molecule has 4 aromatic rings. The molecule has 9 heteroatoms. The first-order valence-electron chi connectivity index (χ1n) is 11.4. The number of nitrogens with zero attached hydrogens (tertiary/aromatic N) is 6. The van der Waals surface area contributed by atoms with Gasteiger partial charge in [0.1, 0.15) is 16.7 Å². The summed E-state index contributed by atoms with van der Waals surface area (Å²) in [6.07, 6.45) is 3.71. The Morgan fingerprint density at radius 2 is 1.91 bits per heavy atom. The standard InChI is InChI=1S/C23H29N7OS/c1-13(2)18-19(17-9-30-21(24-12-25-30)15(4)14(17)3)26-22-20(18)27-23(32-22)29-7-5-28(6-8-29)16-10-31-11-16/h9,12-13,16,26H,5-8,10-11H2,1-4H3. The van der Waals surface area contributed by atoms with Crippen LogP contribution in [0.3, 0.4) is 0 Å². The summed E-state index contributed by atoms with van der Waals surface area (Å²) in [7, 11) is 0. The monoisotopic (exact) mass is 451 g/mol. The number of aryl methyl sites for hydroxylation is 1. The molecule has 0 aromatic carbocycles. The molecule has 2 fully saturated rings. The van der Waals surface area contributed by atoms with Crippen molar-refractivity contribution >= 4 is 32.5 Å². The molecule has 0 saturated carbocycles. The number of piperazine rings is 1. The van der Waals surface area contributed by atoms with Crippen LogP contribution < -0.4 is 4.90 Å². The van der Waals surface area contributed by atoms with Gasteiger partial charge in [-0.3, -0.25) is 4.90 Å². The van der Waals surface area contributed by atoms with Crippen molar-refractivity contribution in [2.75, 3.05) is 44.3 Å². The maximum absolute atomic E-state index is 5.37. The van der Waals surface area contributed by atoms with E-state index in [4.69, 9.17) is 9.72 Å². The Morgan fingerprint density at radius 3 is 2.59 bits per heavy atom. The van der Waals surface area contributed by atoms with Crippen LogP contribution in [0.25, 0.3) is 27.3 Å². The summed E-state index contributed by atoms with van der Waals surface area (Å²) in [5.74, 6) is 0.357. The van der Waals surface area contributed by atoms with Gasteiger partial charge in [-0.15, -0.1) is 0 Å². The summed E-state index contributed by atoms with van der Waals surface area (Å²) in [5.41, 5.74) is 8.04. The van der Waals surface area contributed by atoms with Gasteiger partial charge in [0.25, 0.3) is 0 Å². The van der Waals surface area contributed by atoms with Gasteiger partial charge in [0.2, 0.25) is 0 Å². The predicted molar refractivity (Wildman–Crippen MR) is 128 cm³/mol. The Bertz CT molecular complexity index is 1290. The zero-order chi connectivity index (χ0) is 22.0. The van der Waals surface area contributed by atoms with E-state index in [1.54, 1.807) is 17.7 Å². The lowest BCUT2D eigenvalue weighted by Crippen LogP contribution is -2.56. The largest absolute Gasteiger partial charge is 0.378 e. The van der Waals surface area contributed by atoms with Crippen LogP contribution in [0.2, 0.25) is 0 Å². The topological polar surface area (TPSA) is 74.6 Å². The summed E-state index contributed by atoms with van der Waals surface area (Å²) in [5, 5.41) is 5.52. The minimum Gasteiger partial charge on any atom is -0.378 e. The number of H-pyrrole nitrogens is 1. The number of ether oxygens (including phenoxy) is 1. The number of hydrogen-bond donors (Lipinski definition) is 1. The maximum atomic E-state index is 5.37. The lowest BCUT2D eigenvalue weighted by molar-refractivity contribution is -0.0660. The van der Waals surface area contributed by atoms with E-state index in [-0.39, 0.29) is 0 Å². The lowest BCUT2D eigenvalue weighted by atomic mass is 9.96. The summed E-state index contributed by atoms with van der Waals surface area (Å²) >= 11 is 1.78. The molecule has 0 atom stereocenters. The van der Waals surface area contributed by atoms with Crippen LogP contribution in [0.1, 0.15) is 36.5 Å². The fourth-order valence-corrected chi connectivity index (χ4v) is 5.99. The summed E-state index contributed by atoms with van der Waals surface area (Å²) in [6, 6.07) is 0.618. The average Bonchev–Trinajstić information content (AvgIpc) is 3.43. The van der Waals surface area contributed by atoms with Crippen LogP contribution >= 0.6 is 11.3 Å². The van der Waals surface area contributed by atoms with Crippen LogP contribution in [-0.2, 0) is 4.74 Å². The van der Waals surface area contributed by atoms with Gasteiger partial charge in [0, 0.05) is 43.5 Å².